The molecule has 1 N–H and O–H groups in total. The molecule has 0 saturated carbocycles. The molecule has 1 unspecified atom stereocenters. The Morgan fingerprint density at radius 3 is 2.66 bits per heavy atom. The van der Waals surface area contributed by atoms with Crippen molar-refractivity contribution in [3.8, 4) is 0 Å². The third-order valence-corrected chi connectivity index (χ3v) is 7.05. The molecule has 0 bridgehead atoms. The van der Waals surface area contributed by atoms with Gasteiger partial charge in [-0.2, -0.15) is 4.98 Å². The Kier molecular flexibility index (Phi) is 6.01. The van der Waals surface area contributed by atoms with Crippen molar-refractivity contribution in [1.29, 1.82) is 0 Å². The maximum atomic E-state index is 13.9. The molecule has 1 aliphatic rings. The number of aliphatic hydroxyl groups is 1. The molecule has 1 aromatic carbocycles. The van der Waals surface area contributed by atoms with Gasteiger partial charge in [0.05, 0.1) is 19.2 Å². The third-order valence-electron chi connectivity index (χ3n) is 5.55. The Hall–Kier alpha value is -2.84. The number of β-amino-alcohol motifs (C(OH)–C–C–N with tert-alkyl or cyclic N) is 1. The van der Waals surface area contributed by atoms with Crippen molar-refractivity contribution in [3.63, 3.8) is 0 Å². The fourth-order valence-corrected chi connectivity index (χ4v) is 4.68. The van der Waals surface area contributed by atoms with Crippen LogP contribution < -0.4 is 10.6 Å². The minimum Gasteiger partial charge on any atom is -0.387 e. The van der Waals surface area contributed by atoms with Crippen LogP contribution in [0.15, 0.2) is 47.5 Å². The predicted molar refractivity (Wildman–Crippen MR) is 126 cm³/mol. The minimum absolute atomic E-state index is 0.0695. The largest absolute Gasteiger partial charge is 0.387 e. The van der Waals surface area contributed by atoms with E-state index in [4.69, 9.17) is 0 Å². The van der Waals surface area contributed by atoms with Crippen LogP contribution in [-0.4, -0.2) is 38.8 Å². The molecule has 3 aromatic rings. The number of aryl methyl sites for hydroxylation is 1. The van der Waals surface area contributed by atoms with Gasteiger partial charge in [0.2, 0.25) is 5.95 Å². The Balaban J connectivity index is 1.50. The molecule has 0 radical (unpaired) electrons. The van der Waals surface area contributed by atoms with Gasteiger partial charge in [-0.15, -0.1) is 11.3 Å². The minimum atomic E-state index is -0.834. The zero-order valence-corrected chi connectivity index (χ0v) is 19.5. The highest BCUT2D eigenvalue weighted by atomic mass is 32.1. The average molecular weight is 455 g/mol. The van der Waals surface area contributed by atoms with E-state index in [1.807, 2.05) is 12.1 Å². The smallest absolute Gasteiger partial charge is 0.352 e. The van der Waals surface area contributed by atoms with E-state index >= 15 is 0 Å². The van der Waals surface area contributed by atoms with Crippen molar-refractivity contribution in [2.45, 2.75) is 45.8 Å². The molecule has 0 fully saturated rings. The van der Waals surface area contributed by atoms with Crippen LogP contribution in [0.5, 0.6) is 0 Å². The normalized spacial score (nSPS) is 16.9. The molecule has 8 heteroatoms. The van der Waals surface area contributed by atoms with Crippen LogP contribution in [0.3, 0.4) is 0 Å². The van der Waals surface area contributed by atoms with E-state index in [-0.39, 0.29) is 29.4 Å². The number of nitrogens with zero attached hydrogens (tertiary/aromatic N) is 4. The lowest BCUT2D eigenvalue weighted by molar-refractivity contribution is 0.233. The van der Waals surface area contributed by atoms with E-state index in [0.29, 0.717) is 29.8 Å². The van der Waals surface area contributed by atoms with Crippen LogP contribution in [0, 0.1) is 12.7 Å². The van der Waals surface area contributed by atoms with Gasteiger partial charge in [-0.1, -0.05) is 39.0 Å². The topological polar surface area (TPSA) is 71.2 Å². The number of thiophene rings is 1. The van der Waals surface area contributed by atoms with Crippen LogP contribution in [0.4, 0.5) is 10.3 Å². The first-order valence-corrected chi connectivity index (χ1v) is 11.4. The quantitative estimate of drug-likeness (QED) is 0.650. The number of rotatable bonds is 4. The summed E-state index contributed by atoms with van der Waals surface area (Å²) in [7, 11) is 0. The van der Waals surface area contributed by atoms with Crippen molar-refractivity contribution in [2.75, 3.05) is 18.0 Å². The first kappa shape index (κ1) is 22.4. The zero-order valence-electron chi connectivity index (χ0n) is 18.7. The second-order valence-corrected chi connectivity index (χ2v) is 10.3. The second-order valence-electron chi connectivity index (χ2n) is 9.13. The SMILES string of the molecule is Cc1ccc(C2=CCN(c3ncn(Cc4ccc(C(C)(C)C)s4)c(=O)n3)CC2O)cc1F. The highest BCUT2D eigenvalue weighted by molar-refractivity contribution is 7.12. The van der Waals surface area contributed by atoms with Crippen molar-refractivity contribution in [3.05, 3.63) is 79.9 Å². The highest BCUT2D eigenvalue weighted by Gasteiger charge is 2.24. The lowest BCUT2D eigenvalue weighted by atomic mass is 9.95. The molecule has 0 spiro atoms. The van der Waals surface area contributed by atoms with Crippen LogP contribution in [-0.2, 0) is 12.0 Å². The molecule has 4 rings (SSSR count). The number of anilines is 1. The summed E-state index contributed by atoms with van der Waals surface area (Å²) in [5.74, 6) is -0.0254. The maximum Gasteiger partial charge on any atom is 0.352 e. The van der Waals surface area contributed by atoms with Gasteiger partial charge in [-0.25, -0.2) is 14.2 Å². The van der Waals surface area contributed by atoms with Gasteiger partial charge in [0.25, 0.3) is 0 Å². The molecule has 6 nitrogen and oxygen atoms in total. The van der Waals surface area contributed by atoms with Crippen LogP contribution >= 0.6 is 11.3 Å². The number of hydrogen-bond acceptors (Lipinski definition) is 6. The molecule has 2 aromatic heterocycles. The molecule has 168 valence electrons. The number of aromatic nitrogens is 3. The highest BCUT2D eigenvalue weighted by Crippen LogP contribution is 2.30. The molecule has 32 heavy (non-hydrogen) atoms. The number of aliphatic hydroxyl groups excluding tert-OH is 1. The van der Waals surface area contributed by atoms with Gasteiger partial charge in [-0.05, 0) is 47.2 Å². The van der Waals surface area contributed by atoms with Crippen LogP contribution in [0.2, 0.25) is 0 Å². The van der Waals surface area contributed by atoms with Gasteiger partial charge in [0.1, 0.15) is 12.1 Å². The van der Waals surface area contributed by atoms with E-state index in [2.05, 4.69) is 36.8 Å². The van der Waals surface area contributed by atoms with Gasteiger partial charge < -0.3 is 10.0 Å². The van der Waals surface area contributed by atoms with Gasteiger partial charge in [0.15, 0.2) is 0 Å². The summed E-state index contributed by atoms with van der Waals surface area (Å²) in [6.45, 7) is 9.26. The average Bonchev–Trinajstić information content (AvgIpc) is 3.21. The van der Waals surface area contributed by atoms with Gasteiger partial charge in [-0.3, -0.25) is 4.57 Å². The lowest BCUT2D eigenvalue weighted by Gasteiger charge is -2.30. The van der Waals surface area contributed by atoms with Gasteiger partial charge >= 0.3 is 5.69 Å². The number of hydrogen-bond donors (Lipinski definition) is 1. The summed E-state index contributed by atoms with van der Waals surface area (Å²) in [6.07, 6.45) is 2.49. The molecule has 0 aliphatic carbocycles. The summed E-state index contributed by atoms with van der Waals surface area (Å²) in [5, 5.41) is 10.6. The van der Waals surface area contributed by atoms with Crippen LogP contribution in [0.25, 0.3) is 5.57 Å². The van der Waals surface area contributed by atoms with Gasteiger partial charge in [0, 0.05) is 16.3 Å². The summed E-state index contributed by atoms with van der Waals surface area (Å²) >= 11 is 1.68. The Morgan fingerprint density at radius 2 is 2.03 bits per heavy atom. The first-order chi connectivity index (χ1) is 15.1. The molecular formula is C24H27FN4O2S. The molecule has 0 saturated heterocycles. The molecule has 1 atom stereocenters. The molecule has 3 heterocycles. The van der Waals surface area contributed by atoms with Crippen molar-refractivity contribution in [2.24, 2.45) is 0 Å². The summed E-state index contributed by atoms with van der Waals surface area (Å²) in [5.41, 5.74) is 1.57. The molecule has 1 aliphatic heterocycles. The maximum absolute atomic E-state index is 13.9. The molecular weight excluding hydrogens is 427 g/mol. The summed E-state index contributed by atoms with van der Waals surface area (Å²) in [4.78, 5) is 25.2. The van der Waals surface area contributed by atoms with E-state index < -0.39 is 6.10 Å². The lowest BCUT2D eigenvalue weighted by Crippen LogP contribution is -2.40. The molecule has 0 amide bonds. The third kappa shape index (κ3) is 4.66. The van der Waals surface area contributed by atoms with E-state index in [0.717, 1.165) is 4.88 Å². The summed E-state index contributed by atoms with van der Waals surface area (Å²) < 4.78 is 15.4. The first-order valence-electron chi connectivity index (χ1n) is 10.5. The van der Waals surface area contributed by atoms with E-state index in [1.54, 1.807) is 35.3 Å². The van der Waals surface area contributed by atoms with Crippen molar-refractivity contribution < 1.29 is 9.50 Å². The fourth-order valence-electron chi connectivity index (χ4n) is 3.62. The monoisotopic (exact) mass is 454 g/mol. The van der Waals surface area contributed by atoms with Crippen molar-refractivity contribution >= 4 is 22.9 Å². The van der Waals surface area contributed by atoms with E-state index in [1.165, 1.54) is 21.8 Å². The Morgan fingerprint density at radius 1 is 1.25 bits per heavy atom. The van der Waals surface area contributed by atoms with Crippen LogP contribution in [0.1, 0.15) is 41.7 Å². The second kappa shape index (κ2) is 8.60. The number of halogens is 1. The zero-order chi connectivity index (χ0) is 23.0. The Bertz CT molecular complexity index is 1230. The Labute approximate surface area is 190 Å². The summed E-state index contributed by atoms with van der Waals surface area (Å²) in [6, 6.07) is 9.07. The number of benzene rings is 1. The fraction of sp³-hybridized carbons (Fsp3) is 0.375. The predicted octanol–water partition coefficient (Wildman–Crippen LogP) is 3.76. The van der Waals surface area contributed by atoms with E-state index in [9.17, 15) is 14.3 Å². The standard InChI is InChI=1S/C24H27FN4O2S/c1-15-5-6-16(11-19(15)25)18-9-10-28(13-20(18)30)22-26-14-29(23(31)27-22)12-17-7-8-21(32-17)24(2,3)4/h5-9,11,14,20,30H,10,12-13H2,1-4H3. The van der Waals surface area contributed by atoms with Crippen molar-refractivity contribution in [1.82, 2.24) is 14.5 Å².